The minimum Gasteiger partial charge on any atom is -0.495 e. The van der Waals surface area contributed by atoms with Gasteiger partial charge in [-0.15, -0.1) is 11.3 Å². The lowest BCUT2D eigenvalue weighted by atomic mass is 10.2. The summed E-state index contributed by atoms with van der Waals surface area (Å²) in [6.45, 7) is 0. The Morgan fingerprint density at radius 1 is 1.48 bits per heavy atom. The number of nitrogens with one attached hydrogen (secondary N) is 1. The first kappa shape index (κ1) is 16.2. The van der Waals surface area contributed by atoms with Crippen LogP contribution in [-0.2, 0) is 11.2 Å². The Kier molecular flexibility index (Phi) is 5.96. The van der Waals surface area contributed by atoms with Crippen LogP contribution in [0.3, 0.4) is 0 Å². The Morgan fingerprint density at radius 2 is 2.29 bits per heavy atom. The van der Waals surface area contributed by atoms with Gasteiger partial charge in [-0.1, -0.05) is 22.0 Å². The number of carbonyl (C=O) groups is 1. The van der Waals surface area contributed by atoms with Crippen molar-refractivity contribution in [3.8, 4) is 5.75 Å². The van der Waals surface area contributed by atoms with Crippen LogP contribution in [0, 0.1) is 0 Å². The van der Waals surface area contributed by atoms with Crippen molar-refractivity contribution in [2.45, 2.75) is 6.42 Å². The highest BCUT2D eigenvalue weighted by molar-refractivity contribution is 9.11. The second kappa shape index (κ2) is 7.72. The van der Waals surface area contributed by atoms with Crippen LogP contribution < -0.4 is 10.2 Å². The predicted octanol–water partition coefficient (Wildman–Crippen LogP) is 3.97. The SMILES string of the molecule is COc1c(Br)cc(Br)cc1C=NNC(=O)Cc1cccs1. The van der Waals surface area contributed by atoms with Crippen LogP contribution in [0.4, 0.5) is 0 Å². The van der Waals surface area contributed by atoms with E-state index in [9.17, 15) is 4.79 Å². The highest BCUT2D eigenvalue weighted by atomic mass is 79.9. The molecule has 0 saturated heterocycles. The fourth-order valence-electron chi connectivity index (χ4n) is 1.68. The number of benzene rings is 1. The van der Waals surface area contributed by atoms with Gasteiger partial charge in [0.15, 0.2) is 0 Å². The molecule has 0 spiro atoms. The third-order valence-corrected chi connectivity index (χ3v) is 4.47. The van der Waals surface area contributed by atoms with Crippen molar-refractivity contribution < 1.29 is 9.53 Å². The van der Waals surface area contributed by atoms with E-state index >= 15 is 0 Å². The van der Waals surface area contributed by atoms with Crippen LogP contribution in [0.5, 0.6) is 5.75 Å². The van der Waals surface area contributed by atoms with Crippen molar-refractivity contribution in [1.82, 2.24) is 5.43 Å². The molecule has 1 heterocycles. The van der Waals surface area contributed by atoms with E-state index in [2.05, 4.69) is 42.4 Å². The van der Waals surface area contributed by atoms with Crippen molar-refractivity contribution in [2.75, 3.05) is 7.11 Å². The minimum atomic E-state index is -0.151. The summed E-state index contributed by atoms with van der Waals surface area (Å²) in [6.07, 6.45) is 1.88. The van der Waals surface area contributed by atoms with E-state index in [1.165, 1.54) is 0 Å². The number of ether oxygens (including phenoxy) is 1. The number of hydrazone groups is 1. The van der Waals surface area contributed by atoms with Crippen molar-refractivity contribution in [3.05, 3.63) is 49.0 Å². The van der Waals surface area contributed by atoms with Gasteiger partial charge in [0.2, 0.25) is 5.91 Å². The van der Waals surface area contributed by atoms with Crippen molar-refractivity contribution in [1.29, 1.82) is 0 Å². The molecular weight excluding hydrogens is 420 g/mol. The van der Waals surface area contributed by atoms with Gasteiger partial charge in [0.25, 0.3) is 0 Å². The molecule has 0 bridgehead atoms. The smallest absolute Gasteiger partial charge is 0.245 e. The molecule has 7 heteroatoms. The predicted molar refractivity (Wildman–Crippen MR) is 92.2 cm³/mol. The summed E-state index contributed by atoms with van der Waals surface area (Å²) in [7, 11) is 1.58. The second-order valence-electron chi connectivity index (χ2n) is 4.06. The first-order valence-corrected chi connectivity index (χ1v) is 8.44. The number of thiophene rings is 1. The summed E-state index contributed by atoms with van der Waals surface area (Å²) in [5.41, 5.74) is 3.27. The second-order valence-corrected chi connectivity index (χ2v) is 6.86. The Bertz CT molecular complexity index is 657. The topological polar surface area (TPSA) is 50.7 Å². The van der Waals surface area contributed by atoms with Gasteiger partial charge < -0.3 is 4.74 Å². The summed E-state index contributed by atoms with van der Waals surface area (Å²) in [5.74, 6) is 0.510. The zero-order valence-corrected chi connectivity index (χ0v) is 15.1. The van der Waals surface area contributed by atoms with Crippen LogP contribution in [-0.4, -0.2) is 19.2 Å². The highest BCUT2D eigenvalue weighted by Crippen LogP contribution is 2.31. The van der Waals surface area contributed by atoms with Crippen LogP contribution in [0.2, 0.25) is 0 Å². The van der Waals surface area contributed by atoms with Gasteiger partial charge in [0, 0.05) is 14.9 Å². The van der Waals surface area contributed by atoms with Crippen LogP contribution in [0.1, 0.15) is 10.4 Å². The number of amides is 1. The van der Waals surface area contributed by atoms with E-state index in [4.69, 9.17) is 4.74 Å². The maximum atomic E-state index is 11.7. The third-order valence-electron chi connectivity index (χ3n) is 2.55. The molecule has 1 N–H and O–H groups in total. The van der Waals surface area contributed by atoms with Gasteiger partial charge in [0.1, 0.15) is 5.75 Å². The summed E-state index contributed by atoms with van der Waals surface area (Å²) < 4.78 is 7.01. The monoisotopic (exact) mass is 430 g/mol. The quantitative estimate of drug-likeness (QED) is 0.575. The van der Waals surface area contributed by atoms with Gasteiger partial charge in [-0.25, -0.2) is 5.43 Å². The molecule has 0 unspecified atom stereocenters. The van der Waals surface area contributed by atoms with Crippen molar-refractivity contribution in [2.24, 2.45) is 5.10 Å². The number of nitrogens with zero attached hydrogens (tertiary/aromatic N) is 1. The van der Waals surface area contributed by atoms with Gasteiger partial charge in [-0.3, -0.25) is 4.79 Å². The first-order valence-electron chi connectivity index (χ1n) is 5.97. The van der Waals surface area contributed by atoms with Crippen molar-refractivity contribution >= 4 is 55.3 Å². The molecule has 0 saturated carbocycles. The van der Waals surface area contributed by atoms with Gasteiger partial charge in [0.05, 0.1) is 24.2 Å². The first-order chi connectivity index (χ1) is 10.1. The normalized spacial score (nSPS) is 10.8. The molecule has 2 rings (SSSR count). The molecule has 0 aliphatic heterocycles. The fraction of sp³-hybridized carbons (Fsp3) is 0.143. The number of methoxy groups -OCH3 is 1. The van der Waals surface area contributed by atoms with E-state index in [0.717, 1.165) is 19.4 Å². The molecule has 4 nitrogen and oxygen atoms in total. The fourth-order valence-corrected chi connectivity index (χ4v) is 3.80. The molecule has 1 aromatic heterocycles. The average molecular weight is 432 g/mol. The molecular formula is C14H12Br2N2O2S. The van der Waals surface area contributed by atoms with E-state index in [1.807, 2.05) is 29.6 Å². The lowest BCUT2D eigenvalue weighted by Gasteiger charge is -2.07. The summed E-state index contributed by atoms with van der Waals surface area (Å²) in [5, 5.41) is 5.91. The maximum absolute atomic E-state index is 11.7. The van der Waals surface area contributed by atoms with Gasteiger partial charge >= 0.3 is 0 Å². The zero-order valence-electron chi connectivity index (χ0n) is 11.1. The van der Waals surface area contributed by atoms with Gasteiger partial charge in [-0.2, -0.15) is 5.10 Å². The summed E-state index contributed by atoms with van der Waals surface area (Å²) in [4.78, 5) is 12.7. The molecule has 2 aromatic rings. The van der Waals surface area contributed by atoms with E-state index in [0.29, 0.717) is 12.2 Å². The Balaban J connectivity index is 2.02. The molecule has 0 fully saturated rings. The van der Waals surface area contributed by atoms with E-state index < -0.39 is 0 Å². The summed E-state index contributed by atoms with van der Waals surface area (Å²) in [6, 6.07) is 7.58. The van der Waals surface area contributed by atoms with Crippen molar-refractivity contribution in [3.63, 3.8) is 0 Å². The molecule has 0 radical (unpaired) electrons. The van der Waals surface area contributed by atoms with Crippen LogP contribution >= 0.6 is 43.2 Å². The number of halogens is 2. The lowest BCUT2D eigenvalue weighted by molar-refractivity contribution is -0.120. The molecule has 0 aliphatic carbocycles. The maximum Gasteiger partial charge on any atom is 0.245 e. The minimum absolute atomic E-state index is 0.151. The molecule has 21 heavy (non-hydrogen) atoms. The Labute approximate surface area is 143 Å². The average Bonchev–Trinajstić information content (AvgIpc) is 2.91. The van der Waals surface area contributed by atoms with Gasteiger partial charge in [-0.05, 0) is 39.5 Å². The Morgan fingerprint density at radius 3 is 2.95 bits per heavy atom. The molecule has 0 aliphatic rings. The standard InChI is InChI=1S/C14H12Br2N2O2S/c1-20-14-9(5-10(15)6-12(14)16)8-17-18-13(19)7-11-3-2-4-21-11/h2-6,8H,7H2,1H3,(H,18,19). The zero-order chi connectivity index (χ0) is 15.2. The summed E-state index contributed by atoms with van der Waals surface area (Å²) >= 11 is 8.37. The van der Waals surface area contributed by atoms with Crippen LogP contribution in [0.15, 0.2) is 43.7 Å². The number of carbonyl (C=O) groups excluding carboxylic acids is 1. The molecule has 110 valence electrons. The molecule has 1 amide bonds. The number of rotatable bonds is 5. The molecule has 0 atom stereocenters. The van der Waals surface area contributed by atoms with E-state index in [-0.39, 0.29) is 5.91 Å². The largest absolute Gasteiger partial charge is 0.495 e. The molecule has 1 aromatic carbocycles. The number of hydrogen-bond donors (Lipinski definition) is 1. The highest BCUT2D eigenvalue weighted by Gasteiger charge is 2.08. The third kappa shape index (κ3) is 4.66. The lowest BCUT2D eigenvalue weighted by Crippen LogP contribution is -2.19. The number of hydrogen-bond acceptors (Lipinski definition) is 4. The van der Waals surface area contributed by atoms with E-state index in [1.54, 1.807) is 24.7 Å². The Hall–Kier alpha value is -1.18. The van der Waals surface area contributed by atoms with Crippen LogP contribution in [0.25, 0.3) is 0 Å².